The zero-order valence-electron chi connectivity index (χ0n) is 20.4. The highest BCUT2D eigenvalue weighted by Gasteiger charge is 2.40. The molecule has 1 aliphatic heterocycles. The van der Waals surface area contributed by atoms with E-state index in [2.05, 4.69) is 22.2 Å². The summed E-state index contributed by atoms with van der Waals surface area (Å²) in [6.07, 6.45) is -2.34. The molecule has 0 spiro atoms. The number of aromatic nitrogens is 2. The third kappa shape index (κ3) is 5.24. The van der Waals surface area contributed by atoms with E-state index in [0.717, 1.165) is 18.6 Å². The predicted octanol–water partition coefficient (Wildman–Crippen LogP) is 4.80. The number of sulfone groups is 1. The third-order valence-electron chi connectivity index (χ3n) is 6.24. The van der Waals surface area contributed by atoms with E-state index in [0.29, 0.717) is 12.5 Å². The van der Waals surface area contributed by atoms with Crippen molar-refractivity contribution in [1.82, 2.24) is 9.97 Å². The number of nitrogens with zero attached hydrogens (tertiary/aromatic N) is 3. The van der Waals surface area contributed by atoms with Crippen LogP contribution >= 0.6 is 0 Å². The molecule has 4 rings (SSSR count). The lowest BCUT2D eigenvalue weighted by Crippen LogP contribution is -2.40. The van der Waals surface area contributed by atoms with E-state index in [1.54, 1.807) is 0 Å². The molecule has 1 aromatic carbocycles. The summed E-state index contributed by atoms with van der Waals surface area (Å²) in [4.78, 5) is 22.6. The first-order chi connectivity index (χ1) is 17.2. The van der Waals surface area contributed by atoms with Crippen molar-refractivity contribution in [3.05, 3.63) is 65.9 Å². The number of pyridine rings is 2. The summed E-state index contributed by atoms with van der Waals surface area (Å²) in [5.41, 5.74) is 4.55. The molecule has 3 heterocycles. The molecule has 2 aromatic heterocycles. The Kier molecular flexibility index (Phi) is 6.65. The van der Waals surface area contributed by atoms with E-state index in [1.807, 2.05) is 18.7 Å². The molecule has 3 N–H and O–H groups in total. The first-order valence-corrected chi connectivity index (χ1v) is 12.9. The smallest absolute Gasteiger partial charge is 0.365 e. The number of amides is 1. The first-order valence-electron chi connectivity index (χ1n) is 11.4. The molecule has 1 fully saturated rings. The zero-order chi connectivity index (χ0) is 27.2. The van der Waals surface area contributed by atoms with Crippen LogP contribution in [-0.2, 0) is 16.0 Å². The van der Waals surface area contributed by atoms with Crippen LogP contribution in [0.4, 0.5) is 30.5 Å². The number of carbonyl (C=O) groups excluding carboxylic acids is 1. The van der Waals surface area contributed by atoms with Gasteiger partial charge in [-0.3, -0.25) is 4.79 Å². The average molecular weight is 534 g/mol. The van der Waals surface area contributed by atoms with Gasteiger partial charge in [-0.15, -0.1) is 0 Å². The van der Waals surface area contributed by atoms with Crippen molar-refractivity contribution in [2.45, 2.75) is 48.8 Å². The summed E-state index contributed by atoms with van der Waals surface area (Å²) in [5.74, 6) is -0.351. The van der Waals surface area contributed by atoms with Gasteiger partial charge >= 0.3 is 6.18 Å². The molecule has 1 unspecified atom stereocenters. The first kappa shape index (κ1) is 26.4. The Morgan fingerprint density at radius 1 is 1.14 bits per heavy atom. The number of alkyl halides is 3. The number of nitrogens with one attached hydrogen (secondary N) is 1. The Labute approximate surface area is 212 Å². The molecule has 37 heavy (non-hydrogen) atoms. The molecule has 1 saturated heterocycles. The van der Waals surface area contributed by atoms with Gasteiger partial charge in [0, 0.05) is 24.0 Å². The van der Waals surface area contributed by atoms with E-state index < -0.39 is 27.5 Å². The molecule has 1 aliphatic rings. The molecule has 3 aromatic rings. The van der Waals surface area contributed by atoms with E-state index in [4.69, 9.17) is 5.73 Å². The Hall–Kier alpha value is -3.67. The van der Waals surface area contributed by atoms with E-state index in [-0.39, 0.29) is 38.3 Å². The van der Waals surface area contributed by atoms with Crippen molar-refractivity contribution in [2.75, 3.05) is 16.8 Å². The highest BCUT2D eigenvalue weighted by atomic mass is 32.2. The number of primary amides is 1. The largest absolute Gasteiger partial charge is 0.416 e. The van der Waals surface area contributed by atoms with Crippen LogP contribution in [0.3, 0.4) is 0 Å². The summed E-state index contributed by atoms with van der Waals surface area (Å²) in [7, 11) is -4.33. The summed E-state index contributed by atoms with van der Waals surface area (Å²) >= 11 is 0. The van der Waals surface area contributed by atoms with Crippen molar-refractivity contribution in [3.8, 4) is 0 Å². The molecule has 196 valence electrons. The van der Waals surface area contributed by atoms with Crippen molar-refractivity contribution in [2.24, 2.45) is 11.7 Å². The van der Waals surface area contributed by atoms with Gasteiger partial charge in [-0.1, -0.05) is 13.0 Å². The summed E-state index contributed by atoms with van der Waals surface area (Å²) < 4.78 is 65.8. The molecular weight excluding hydrogens is 507 g/mol. The van der Waals surface area contributed by atoms with Crippen LogP contribution in [-0.4, -0.2) is 36.4 Å². The zero-order valence-corrected chi connectivity index (χ0v) is 21.2. The Morgan fingerprint density at radius 2 is 1.81 bits per heavy atom. The van der Waals surface area contributed by atoms with E-state index >= 15 is 0 Å². The topological polar surface area (TPSA) is 118 Å². The maximum atomic E-state index is 13.6. The number of carbonyl (C=O) groups is 1. The van der Waals surface area contributed by atoms with Crippen molar-refractivity contribution in [1.29, 1.82) is 0 Å². The van der Waals surface area contributed by atoms with Gasteiger partial charge in [-0.05, 0) is 68.7 Å². The lowest BCUT2D eigenvalue weighted by Gasteiger charge is -2.33. The van der Waals surface area contributed by atoms with Crippen LogP contribution in [0.2, 0.25) is 0 Å². The van der Waals surface area contributed by atoms with Crippen LogP contribution in [0.25, 0.3) is 0 Å². The Balaban J connectivity index is 1.72. The van der Waals surface area contributed by atoms with Crippen molar-refractivity contribution < 1.29 is 26.4 Å². The lowest BCUT2D eigenvalue weighted by atomic mass is 9.97. The number of nitrogens with two attached hydrogens (primary N) is 1. The maximum absolute atomic E-state index is 13.6. The normalized spacial score (nSPS) is 17.6. The fraction of sp³-hybridized carbons (Fsp3) is 0.320. The summed E-state index contributed by atoms with van der Waals surface area (Å²) in [6.45, 7) is 6.62. The molecule has 0 radical (unpaired) electrons. The van der Waals surface area contributed by atoms with Crippen LogP contribution in [0.15, 0.2) is 64.6 Å². The highest BCUT2D eigenvalue weighted by Crippen LogP contribution is 2.39. The van der Waals surface area contributed by atoms with Crippen LogP contribution < -0.4 is 16.0 Å². The maximum Gasteiger partial charge on any atom is 0.416 e. The molecule has 8 nitrogen and oxygen atoms in total. The minimum absolute atomic E-state index is 0.0882. The van der Waals surface area contributed by atoms with Gasteiger partial charge < -0.3 is 16.0 Å². The number of hydrogen-bond donors (Lipinski definition) is 2. The van der Waals surface area contributed by atoms with Gasteiger partial charge in [0.2, 0.25) is 9.84 Å². The Morgan fingerprint density at radius 3 is 2.38 bits per heavy atom. The van der Waals surface area contributed by atoms with Crippen LogP contribution in [0.5, 0.6) is 0 Å². The molecule has 0 saturated carbocycles. The van der Waals surface area contributed by atoms with Gasteiger partial charge in [-0.25, -0.2) is 18.4 Å². The quantitative estimate of drug-likeness (QED) is 0.467. The summed E-state index contributed by atoms with van der Waals surface area (Å²) in [6, 6.07) is 9.61. The second-order valence-corrected chi connectivity index (χ2v) is 11.5. The lowest BCUT2D eigenvalue weighted by molar-refractivity contribution is -0.137. The molecule has 12 heteroatoms. The van der Waals surface area contributed by atoms with E-state index in [1.165, 1.54) is 42.6 Å². The SMILES string of the molecule is CC1CN(c2nccc(S(=O)(=O)c3cccc(Nc4ccc(C(F)(F)F)cc4)n3)c2C(N)=O)C(C)(C)C1. The molecule has 0 bridgehead atoms. The standard InChI is InChI=1S/C25H26F3N5O3S/c1-15-13-24(2,3)33(14-15)23-21(22(29)34)18(11-12-30-23)37(35,36)20-6-4-5-19(32-20)31-17-9-7-16(8-10-17)25(26,27)28/h4-12,15H,13-14H2,1-3H3,(H2,29,34)(H,31,32). The van der Waals surface area contributed by atoms with Gasteiger partial charge in [0.15, 0.2) is 5.03 Å². The number of rotatable bonds is 6. The van der Waals surface area contributed by atoms with Gasteiger partial charge in [-0.2, -0.15) is 13.2 Å². The van der Waals surface area contributed by atoms with Gasteiger partial charge in [0.1, 0.15) is 17.2 Å². The monoisotopic (exact) mass is 533 g/mol. The number of hydrogen-bond acceptors (Lipinski definition) is 7. The Bertz CT molecular complexity index is 1440. The predicted molar refractivity (Wildman–Crippen MR) is 132 cm³/mol. The molecule has 1 amide bonds. The summed E-state index contributed by atoms with van der Waals surface area (Å²) in [5, 5.41) is 2.44. The van der Waals surface area contributed by atoms with Crippen LogP contribution in [0, 0.1) is 5.92 Å². The van der Waals surface area contributed by atoms with E-state index in [9.17, 15) is 26.4 Å². The van der Waals surface area contributed by atoms with Crippen molar-refractivity contribution >= 4 is 33.1 Å². The molecule has 1 atom stereocenters. The number of anilines is 3. The second-order valence-electron chi connectivity index (χ2n) is 9.67. The van der Waals surface area contributed by atoms with Crippen molar-refractivity contribution in [3.63, 3.8) is 0 Å². The van der Waals surface area contributed by atoms with Crippen LogP contribution in [0.1, 0.15) is 43.1 Å². The van der Waals surface area contributed by atoms with Gasteiger partial charge in [0.05, 0.1) is 10.5 Å². The molecule has 0 aliphatic carbocycles. The fourth-order valence-corrected chi connectivity index (χ4v) is 6.09. The molecular formula is C25H26F3N5O3S. The minimum atomic E-state index is -4.48. The number of halogens is 3. The van der Waals surface area contributed by atoms with Gasteiger partial charge in [0.25, 0.3) is 5.91 Å². The highest BCUT2D eigenvalue weighted by molar-refractivity contribution is 7.91. The minimum Gasteiger partial charge on any atom is -0.365 e. The average Bonchev–Trinajstić information content (AvgIpc) is 3.10. The second kappa shape index (κ2) is 9.33. The number of benzene rings is 1. The fourth-order valence-electron chi connectivity index (χ4n) is 4.69. The third-order valence-corrected chi connectivity index (χ3v) is 7.94.